The Morgan fingerprint density at radius 1 is 1.10 bits per heavy atom. The second kappa shape index (κ2) is 11.9. The number of Topliss-reactive ketones (excluding diaryl/α,β-unsaturated/α-hetero) is 1. The molecule has 1 amide bonds. The fourth-order valence-electron chi connectivity index (χ4n) is 4.64. The molecule has 0 saturated carbocycles. The van der Waals surface area contributed by atoms with Gasteiger partial charge in [0.2, 0.25) is 5.95 Å². The first kappa shape index (κ1) is 28.8. The Labute approximate surface area is 229 Å². The molecule has 12 heteroatoms. The number of para-hydroxylation sites is 1. The Morgan fingerprint density at radius 2 is 1.80 bits per heavy atom. The molecule has 0 aliphatic carbocycles. The van der Waals surface area contributed by atoms with E-state index in [2.05, 4.69) is 25.9 Å². The number of rotatable bonds is 9. The molecule has 212 valence electrons. The number of aromatic nitrogens is 2. The van der Waals surface area contributed by atoms with Crippen LogP contribution < -0.4 is 26.4 Å². The molecule has 0 unspecified atom stereocenters. The van der Waals surface area contributed by atoms with E-state index in [1.165, 1.54) is 24.3 Å². The van der Waals surface area contributed by atoms with Gasteiger partial charge >= 0.3 is 6.18 Å². The molecule has 1 aromatic heterocycles. The summed E-state index contributed by atoms with van der Waals surface area (Å²) in [6, 6.07) is 9.45. The molecule has 0 atom stereocenters. The number of ketones is 1. The highest BCUT2D eigenvalue weighted by Crippen LogP contribution is 2.39. The minimum absolute atomic E-state index is 0.0625. The first-order valence-corrected chi connectivity index (χ1v) is 12.9. The Balaban J connectivity index is 1.73. The highest BCUT2D eigenvalue weighted by molar-refractivity contribution is 6.43. The van der Waals surface area contributed by atoms with E-state index in [1.807, 2.05) is 32.9 Å². The van der Waals surface area contributed by atoms with Crippen LogP contribution in [0.3, 0.4) is 0 Å². The van der Waals surface area contributed by atoms with E-state index in [4.69, 9.17) is 10.5 Å². The summed E-state index contributed by atoms with van der Waals surface area (Å²) in [5.74, 6) is -2.13. The van der Waals surface area contributed by atoms with Gasteiger partial charge in [0.05, 0.1) is 23.0 Å². The van der Waals surface area contributed by atoms with Gasteiger partial charge in [-0.3, -0.25) is 9.59 Å². The fraction of sp³-hybridized carbons (Fsp3) is 0.357. The molecule has 9 nitrogen and oxygen atoms in total. The molecule has 1 aliphatic heterocycles. The average Bonchev–Trinajstić information content (AvgIpc) is 2.89. The number of nitrogens with zero attached hydrogens (tertiary/aromatic N) is 2. The monoisotopic (exact) mass is 556 g/mol. The van der Waals surface area contributed by atoms with Crippen LogP contribution in [-0.2, 0) is 11.0 Å². The molecule has 40 heavy (non-hydrogen) atoms. The lowest BCUT2D eigenvalue weighted by molar-refractivity contribution is -0.137. The van der Waals surface area contributed by atoms with Gasteiger partial charge in [-0.05, 0) is 88.0 Å². The number of halogens is 3. The number of nitrogens with two attached hydrogens (primary N) is 1. The summed E-state index contributed by atoms with van der Waals surface area (Å²) >= 11 is 0. The molecule has 5 N–H and O–H groups in total. The number of amides is 1. The highest BCUT2D eigenvalue weighted by atomic mass is 19.4. The van der Waals surface area contributed by atoms with E-state index < -0.39 is 29.2 Å². The smallest absolute Gasteiger partial charge is 0.421 e. The Morgan fingerprint density at radius 3 is 2.45 bits per heavy atom. The molecule has 3 aromatic rings. The van der Waals surface area contributed by atoms with Crippen LogP contribution in [0, 0.1) is 6.92 Å². The lowest BCUT2D eigenvalue weighted by Crippen LogP contribution is -2.27. The third-order valence-electron chi connectivity index (χ3n) is 6.50. The number of carbonyl (C=O) groups excluding carboxylic acids is 2. The van der Waals surface area contributed by atoms with E-state index >= 15 is 0 Å². The summed E-state index contributed by atoms with van der Waals surface area (Å²) in [4.78, 5) is 31.7. The summed E-state index contributed by atoms with van der Waals surface area (Å²) < 4.78 is 47.7. The van der Waals surface area contributed by atoms with Crippen molar-refractivity contribution < 1.29 is 27.5 Å². The van der Waals surface area contributed by atoms with Crippen LogP contribution in [-0.4, -0.2) is 40.9 Å². The number of carbonyl (C=O) groups is 2. The molecular formula is C28H31F3N6O3. The zero-order chi connectivity index (χ0) is 29.0. The lowest BCUT2D eigenvalue weighted by Gasteiger charge is -2.26. The number of alkyl halides is 3. The molecule has 2 aromatic carbocycles. The number of piperidine rings is 1. The molecule has 1 aliphatic rings. The topological polar surface area (TPSA) is 131 Å². The van der Waals surface area contributed by atoms with E-state index in [-0.39, 0.29) is 23.3 Å². The summed E-state index contributed by atoms with van der Waals surface area (Å²) in [6.45, 7) is 7.60. The Hall–Kier alpha value is -4.19. The van der Waals surface area contributed by atoms with Crippen molar-refractivity contribution in [2.75, 3.05) is 23.7 Å². The quantitative estimate of drug-likeness (QED) is 0.209. The number of nitrogens with one attached hydrogen (secondary N) is 3. The van der Waals surface area contributed by atoms with Crippen molar-refractivity contribution in [3.8, 4) is 5.75 Å². The van der Waals surface area contributed by atoms with Crippen LogP contribution in [0.1, 0.15) is 59.7 Å². The van der Waals surface area contributed by atoms with E-state index in [0.717, 1.165) is 37.1 Å². The predicted molar refractivity (Wildman–Crippen MR) is 145 cm³/mol. The molecule has 2 heterocycles. The van der Waals surface area contributed by atoms with Crippen molar-refractivity contribution in [1.82, 2.24) is 15.3 Å². The van der Waals surface area contributed by atoms with E-state index in [0.29, 0.717) is 23.6 Å². The highest BCUT2D eigenvalue weighted by Gasteiger charge is 2.36. The van der Waals surface area contributed by atoms with Gasteiger partial charge in [-0.1, -0.05) is 12.1 Å². The minimum atomic E-state index is -4.80. The van der Waals surface area contributed by atoms with Crippen LogP contribution in [0.2, 0.25) is 0 Å². The maximum atomic E-state index is 13.9. The number of aryl methyl sites for hydroxylation is 1. The third kappa shape index (κ3) is 6.68. The second-order valence-corrected chi connectivity index (χ2v) is 9.84. The van der Waals surface area contributed by atoms with Gasteiger partial charge < -0.3 is 26.4 Å². The fourth-order valence-corrected chi connectivity index (χ4v) is 4.64. The van der Waals surface area contributed by atoms with Crippen LogP contribution in [0.4, 0.5) is 36.3 Å². The van der Waals surface area contributed by atoms with Crippen molar-refractivity contribution in [1.29, 1.82) is 0 Å². The molecule has 0 spiro atoms. The molecule has 1 saturated heterocycles. The molecule has 0 radical (unpaired) electrons. The second-order valence-electron chi connectivity index (χ2n) is 9.84. The van der Waals surface area contributed by atoms with Gasteiger partial charge in [0.15, 0.2) is 0 Å². The Bertz CT molecular complexity index is 1400. The number of benzene rings is 2. The number of anilines is 4. The molecule has 1 fully saturated rings. The summed E-state index contributed by atoms with van der Waals surface area (Å²) in [7, 11) is 0. The lowest BCUT2D eigenvalue weighted by atomic mass is 9.87. The van der Waals surface area contributed by atoms with Crippen molar-refractivity contribution in [2.24, 2.45) is 5.73 Å². The maximum Gasteiger partial charge on any atom is 0.421 e. The summed E-state index contributed by atoms with van der Waals surface area (Å²) in [6.07, 6.45) is -2.33. The zero-order valence-corrected chi connectivity index (χ0v) is 22.4. The largest absolute Gasteiger partial charge is 0.489 e. The minimum Gasteiger partial charge on any atom is -0.489 e. The van der Waals surface area contributed by atoms with Crippen LogP contribution in [0.15, 0.2) is 42.6 Å². The van der Waals surface area contributed by atoms with Gasteiger partial charge in [-0.15, -0.1) is 0 Å². The van der Waals surface area contributed by atoms with Crippen molar-refractivity contribution in [3.05, 3.63) is 64.8 Å². The van der Waals surface area contributed by atoms with Gasteiger partial charge in [0, 0.05) is 6.20 Å². The summed E-state index contributed by atoms with van der Waals surface area (Å²) in [5.41, 5.74) is 6.37. The van der Waals surface area contributed by atoms with Gasteiger partial charge in [-0.2, -0.15) is 18.2 Å². The SMILES string of the molecule is Cc1cc(Nc2ncc(C(F)(F)F)c(Nc3ccccc3C(=O)C(N)=O)n2)c(OC(C)C)cc1C1CCNCC1. The first-order valence-electron chi connectivity index (χ1n) is 12.9. The van der Waals surface area contributed by atoms with Gasteiger partial charge in [0.1, 0.15) is 17.1 Å². The molecule has 4 rings (SSSR count). The molecular weight excluding hydrogens is 525 g/mol. The van der Waals surface area contributed by atoms with E-state index in [9.17, 15) is 22.8 Å². The van der Waals surface area contributed by atoms with Crippen LogP contribution >= 0.6 is 0 Å². The number of hydrogen-bond donors (Lipinski definition) is 4. The van der Waals surface area contributed by atoms with Crippen molar-refractivity contribution in [3.63, 3.8) is 0 Å². The average molecular weight is 557 g/mol. The number of ether oxygens (including phenoxy) is 1. The summed E-state index contributed by atoms with van der Waals surface area (Å²) in [5, 5.41) is 8.90. The van der Waals surface area contributed by atoms with E-state index in [1.54, 1.807) is 0 Å². The van der Waals surface area contributed by atoms with Crippen LogP contribution in [0.25, 0.3) is 0 Å². The first-order chi connectivity index (χ1) is 18.9. The van der Waals surface area contributed by atoms with Crippen molar-refractivity contribution >= 4 is 34.8 Å². The standard InChI is InChI=1S/C28H31F3N6O3/c1-15(2)40-23-13-19(17-8-10-33-11-9-17)16(3)12-22(23)36-27-34-14-20(28(29,30)31)26(37-27)35-21-7-5-4-6-18(21)24(38)25(32)39/h4-7,12-15,17,33H,8-11H2,1-3H3,(H2,32,39)(H2,34,35,36,37). The van der Waals surface area contributed by atoms with Crippen LogP contribution in [0.5, 0.6) is 5.75 Å². The molecule has 0 bridgehead atoms. The maximum absolute atomic E-state index is 13.9. The van der Waals surface area contributed by atoms with Crippen molar-refractivity contribution in [2.45, 2.75) is 51.8 Å². The number of primary amides is 1. The van der Waals surface area contributed by atoms with Gasteiger partial charge in [-0.25, -0.2) is 4.98 Å². The zero-order valence-electron chi connectivity index (χ0n) is 22.4. The normalized spacial score (nSPS) is 14.2. The van der Waals surface area contributed by atoms with Gasteiger partial charge in [0.25, 0.3) is 11.7 Å². The Kier molecular flexibility index (Phi) is 8.58. The predicted octanol–water partition coefficient (Wildman–Crippen LogP) is 5.21. The number of hydrogen-bond acceptors (Lipinski definition) is 8. The third-order valence-corrected chi connectivity index (χ3v) is 6.50.